The van der Waals surface area contributed by atoms with Gasteiger partial charge in [-0.25, -0.2) is 0 Å². The molecule has 3 heteroatoms. The summed E-state index contributed by atoms with van der Waals surface area (Å²) < 4.78 is 0. The Hall–Kier alpha value is -1.35. The van der Waals surface area contributed by atoms with Gasteiger partial charge in [0.25, 0.3) is 0 Å². The molecular formula is C18H28N2O. The lowest BCUT2D eigenvalue weighted by molar-refractivity contribution is -0.131. The van der Waals surface area contributed by atoms with Gasteiger partial charge in [0.2, 0.25) is 5.91 Å². The van der Waals surface area contributed by atoms with Gasteiger partial charge in [-0.1, -0.05) is 31.2 Å². The fraction of sp³-hybridized carbons (Fsp3) is 0.611. The highest BCUT2D eigenvalue weighted by Crippen LogP contribution is 2.12. The van der Waals surface area contributed by atoms with Crippen LogP contribution in [0.4, 0.5) is 0 Å². The molecule has 1 atom stereocenters. The van der Waals surface area contributed by atoms with E-state index in [0.717, 1.165) is 32.5 Å². The number of benzene rings is 1. The Morgan fingerprint density at radius 2 is 2.19 bits per heavy atom. The molecule has 1 heterocycles. The largest absolute Gasteiger partial charge is 0.341 e. The summed E-state index contributed by atoms with van der Waals surface area (Å²) >= 11 is 0. The van der Waals surface area contributed by atoms with Crippen molar-refractivity contribution in [1.29, 1.82) is 0 Å². The van der Waals surface area contributed by atoms with Crippen molar-refractivity contribution in [3.8, 4) is 0 Å². The smallest absolute Gasteiger partial charge is 0.222 e. The first kappa shape index (κ1) is 16.0. The SMILES string of the molecule is CCCN(CC1CCCN1)C(=O)CCc1ccccc1C. The Kier molecular flexibility index (Phi) is 6.24. The minimum Gasteiger partial charge on any atom is -0.341 e. The third-order valence-electron chi connectivity index (χ3n) is 4.32. The summed E-state index contributed by atoms with van der Waals surface area (Å²) in [6.07, 6.45) is 4.94. The predicted molar refractivity (Wildman–Crippen MR) is 87.4 cm³/mol. The predicted octanol–water partition coefficient (Wildman–Crippen LogP) is 2.92. The van der Waals surface area contributed by atoms with E-state index in [1.807, 2.05) is 0 Å². The number of hydrogen-bond acceptors (Lipinski definition) is 2. The van der Waals surface area contributed by atoms with E-state index in [-0.39, 0.29) is 0 Å². The van der Waals surface area contributed by atoms with Gasteiger partial charge in [0.05, 0.1) is 0 Å². The third kappa shape index (κ3) is 4.85. The van der Waals surface area contributed by atoms with Crippen molar-refractivity contribution in [3.63, 3.8) is 0 Å². The highest BCUT2D eigenvalue weighted by atomic mass is 16.2. The van der Waals surface area contributed by atoms with Crippen LogP contribution in [0.25, 0.3) is 0 Å². The normalized spacial score (nSPS) is 17.9. The van der Waals surface area contributed by atoms with E-state index in [1.165, 1.54) is 24.0 Å². The summed E-state index contributed by atoms with van der Waals surface area (Å²) in [4.78, 5) is 14.6. The van der Waals surface area contributed by atoms with E-state index in [1.54, 1.807) is 0 Å². The van der Waals surface area contributed by atoms with Crippen molar-refractivity contribution in [2.45, 2.75) is 52.0 Å². The van der Waals surface area contributed by atoms with Gasteiger partial charge in [-0.2, -0.15) is 0 Å². The fourth-order valence-corrected chi connectivity index (χ4v) is 3.06. The molecular weight excluding hydrogens is 260 g/mol. The maximum atomic E-state index is 12.5. The zero-order valence-electron chi connectivity index (χ0n) is 13.4. The molecule has 116 valence electrons. The van der Waals surface area contributed by atoms with E-state index in [2.05, 4.69) is 48.3 Å². The summed E-state index contributed by atoms with van der Waals surface area (Å²) in [7, 11) is 0. The molecule has 1 unspecified atom stereocenters. The number of carbonyl (C=O) groups is 1. The molecule has 0 aliphatic carbocycles. The lowest BCUT2D eigenvalue weighted by Crippen LogP contribution is -2.41. The van der Waals surface area contributed by atoms with Crippen LogP contribution < -0.4 is 5.32 Å². The fourth-order valence-electron chi connectivity index (χ4n) is 3.06. The number of rotatable bonds is 7. The third-order valence-corrected chi connectivity index (χ3v) is 4.32. The van der Waals surface area contributed by atoms with Gasteiger partial charge in [0.1, 0.15) is 0 Å². The molecule has 0 spiro atoms. The molecule has 1 aliphatic heterocycles. The molecule has 1 fully saturated rings. The van der Waals surface area contributed by atoms with Crippen LogP contribution in [-0.4, -0.2) is 36.5 Å². The van der Waals surface area contributed by atoms with Crippen LogP contribution in [0.1, 0.15) is 43.7 Å². The summed E-state index contributed by atoms with van der Waals surface area (Å²) in [5, 5.41) is 3.49. The number of hydrogen-bond donors (Lipinski definition) is 1. The number of carbonyl (C=O) groups excluding carboxylic acids is 1. The molecule has 0 bridgehead atoms. The van der Waals surface area contributed by atoms with Crippen molar-refractivity contribution in [2.75, 3.05) is 19.6 Å². The number of aryl methyl sites for hydroxylation is 2. The molecule has 1 saturated heterocycles. The molecule has 1 amide bonds. The van der Waals surface area contributed by atoms with Gasteiger partial charge in [-0.3, -0.25) is 4.79 Å². The molecule has 21 heavy (non-hydrogen) atoms. The Morgan fingerprint density at radius 3 is 2.86 bits per heavy atom. The van der Waals surface area contributed by atoms with Gasteiger partial charge in [0.15, 0.2) is 0 Å². The van der Waals surface area contributed by atoms with Crippen molar-refractivity contribution >= 4 is 5.91 Å². The molecule has 0 saturated carbocycles. The monoisotopic (exact) mass is 288 g/mol. The Bertz CT molecular complexity index is 452. The van der Waals surface area contributed by atoms with Crippen LogP contribution in [0.2, 0.25) is 0 Å². The molecule has 0 aromatic heterocycles. The molecule has 3 nitrogen and oxygen atoms in total. The average Bonchev–Trinajstić information content (AvgIpc) is 2.99. The summed E-state index contributed by atoms with van der Waals surface area (Å²) in [5.74, 6) is 0.300. The quantitative estimate of drug-likeness (QED) is 0.836. The molecule has 2 rings (SSSR count). The van der Waals surface area contributed by atoms with Gasteiger partial charge < -0.3 is 10.2 Å². The first-order valence-electron chi connectivity index (χ1n) is 8.26. The van der Waals surface area contributed by atoms with E-state index < -0.39 is 0 Å². The second-order valence-corrected chi connectivity index (χ2v) is 6.06. The van der Waals surface area contributed by atoms with Gasteiger partial charge in [-0.05, 0) is 50.3 Å². The molecule has 1 aromatic carbocycles. The van der Waals surface area contributed by atoms with Crippen LogP contribution in [0.3, 0.4) is 0 Å². The average molecular weight is 288 g/mol. The van der Waals surface area contributed by atoms with E-state index >= 15 is 0 Å². The zero-order chi connectivity index (χ0) is 15.1. The van der Waals surface area contributed by atoms with Gasteiger partial charge in [0, 0.05) is 25.6 Å². The van der Waals surface area contributed by atoms with Crippen LogP contribution in [-0.2, 0) is 11.2 Å². The van der Waals surface area contributed by atoms with Crippen LogP contribution in [0, 0.1) is 6.92 Å². The molecule has 1 aliphatic rings. The highest BCUT2D eigenvalue weighted by molar-refractivity contribution is 5.76. The van der Waals surface area contributed by atoms with Crippen molar-refractivity contribution in [1.82, 2.24) is 10.2 Å². The summed E-state index contributed by atoms with van der Waals surface area (Å²) in [5.41, 5.74) is 2.58. The first-order valence-corrected chi connectivity index (χ1v) is 8.26. The maximum absolute atomic E-state index is 12.5. The van der Waals surface area contributed by atoms with Crippen molar-refractivity contribution < 1.29 is 4.79 Å². The standard InChI is InChI=1S/C18H28N2O/c1-3-13-20(14-17-9-6-12-19-17)18(21)11-10-16-8-5-4-7-15(16)2/h4-5,7-8,17,19H,3,6,9-14H2,1-2H3. The number of nitrogens with zero attached hydrogens (tertiary/aromatic N) is 1. The second-order valence-electron chi connectivity index (χ2n) is 6.06. The van der Waals surface area contributed by atoms with Crippen LogP contribution in [0.15, 0.2) is 24.3 Å². The van der Waals surface area contributed by atoms with Gasteiger partial charge in [-0.15, -0.1) is 0 Å². The summed E-state index contributed by atoms with van der Waals surface area (Å²) in [6.45, 7) is 7.11. The summed E-state index contributed by atoms with van der Waals surface area (Å²) in [6, 6.07) is 8.85. The van der Waals surface area contributed by atoms with E-state index in [4.69, 9.17) is 0 Å². The molecule has 0 radical (unpaired) electrons. The number of nitrogens with one attached hydrogen (secondary N) is 1. The Morgan fingerprint density at radius 1 is 1.38 bits per heavy atom. The Labute approximate surface area is 128 Å². The second kappa shape index (κ2) is 8.18. The lowest BCUT2D eigenvalue weighted by atomic mass is 10.0. The first-order chi connectivity index (χ1) is 10.2. The highest BCUT2D eigenvalue weighted by Gasteiger charge is 2.20. The topological polar surface area (TPSA) is 32.3 Å². The van der Waals surface area contributed by atoms with E-state index in [9.17, 15) is 4.79 Å². The zero-order valence-corrected chi connectivity index (χ0v) is 13.4. The van der Waals surface area contributed by atoms with Gasteiger partial charge >= 0.3 is 0 Å². The van der Waals surface area contributed by atoms with Crippen LogP contribution in [0.5, 0.6) is 0 Å². The van der Waals surface area contributed by atoms with Crippen LogP contribution >= 0.6 is 0 Å². The molecule has 1 N–H and O–H groups in total. The minimum absolute atomic E-state index is 0.300. The maximum Gasteiger partial charge on any atom is 0.222 e. The van der Waals surface area contributed by atoms with E-state index in [0.29, 0.717) is 18.4 Å². The molecule has 1 aromatic rings. The Balaban J connectivity index is 1.87. The van der Waals surface area contributed by atoms with Crippen molar-refractivity contribution in [2.24, 2.45) is 0 Å². The minimum atomic E-state index is 0.300. The lowest BCUT2D eigenvalue weighted by Gasteiger charge is -2.25. The van der Waals surface area contributed by atoms with Crippen molar-refractivity contribution in [3.05, 3.63) is 35.4 Å². The number of amides is 1.